The maximum absolute atomic E-state index is 13.3. The predicted molar refractivity (Wildman–Crippen MR) is 132 cm³/mol. The van der Waals surface area contributed by atoms with Gasteiger partial charge in [-0.2, -0.15) is 5.26 Å². The molecule has 2 rings (SSSR count). The van der Waals surface area contributed by atoms with Crippen molar-refractivity contribution in [2.75, 3.05) is 6.54 Å². The van der Waals surface area contributed by atoms with E-state index in [9.17, 15) is 24.3 Å². The third kappa shape index (κ3) is 9.19. The highest BCUT2D eigenvalue weighted by Gasteiger charge is 2.29. The fourth-order valence-electron chi connectivity index (χ4n) is 3.49. The van der Waals surface area contributed by atoms with Crippen molar-refractivity contribution in [2.24, 2.45) is 5.73 Å². The number of carbonyl (C=O) groups is 4. The zero-order valence-corrected chi connectivity index (χ0v) is 19.9. The summed E-state index contributed by atoms with van der Waals surface area (Å²) in [6.45, 7) is 0.387. The number of hydrogen-bond donors (Lipinski definition) is 5. The maximum atomic E-state index is 13.3. The van der Waals surface area contributed by atoms with E-state index in [4.69, 9.17) is 11.0 Å². The molecule has 6 N–H and O–H groups in total. The zero-order valence-electron chi connectivity index (χ0n) is 19.9. The summed E-state index contributed by atoms with van der Waals surface area (Å²) in [6.07, 6.45) is 1.06. The second-order valence-corrected chi connectivity index (χ2v) is 8.19. The molecule has 36 heavy (non-hydrogen) atoms. The number of carboxylic acids is 1. The Morgan fingerprint density at radius 3 is 2.00 bits per heavy atom. The minimum Gasteiger partial charge on any atom is -0.480 e. The van der Waals surface area contributed by atoms with Gasteiger partial charge < -0.3 is 26.8 Å². The average molecular weight is 494 g/mol. The third-order valence-electron chi connectivity index (χ3n) is 5.43. The lowest BCUT2D eigenvalue weighted by atomic mass is 10.0. The van der Waals surface area contributed by atoms with Crippen LogP contribution >= 0.6 is 0 Å². The third-order valence-corrected chi connectivity index (χ3v) is 5.43. The summed E-state index contributed by atoms with van der Waals surface area (Å²) in [6, 6.07) is 15.8. The van der Waals surface area contributed by atoms with Crippen molar-refractivity contribution in [1.29, 1.82) is 5.26 Å². The molecule has 0 saturated carbocycles. The predicted octanol–water partition coefficient (Wildman–Crippen LogP) is 1.12. The molecule has 0 heterocycles. The van der Waals surface area contributed by atoms with Gasteiger partial charge in [-0.05, 0) is 43.5 Å². The van der Waals surface area contributed by atoms with Gasteiger partial charge in [0.2, 0.25) is 11.8 Å². The smallest absolute Gasteiger partial charge is 0.327 e. The number of carbonyl (C=O) groups excluding carboxylic acids is 3. The number of carboxylic acid groups (broad SMARTS) is 1. The topological polar surface area (TPSA) is 174 Å². The van der Waals surface area contributed by atoms with Gasteiger partial charge in [-0.3, -0.25) is 14.4 Å². The van der Waals surface area contributed by atoms with Gasteiger partial charge in [-0.15, -0.1) is 0 Å². The number of nitrogens with zero attached hydrogens (tertiary/aromatic N) is 1. The lowest BCUT2D eigenvalue weighted by molar-refractivity contribution is -0.142. The van der Waals surface area contributed by atoms with Gasteiger partial charge in [0.1, 0.15) is 18.1 Å². The van der Waals surface area contributed by atoms with Crippen molar-refractivity contribution in [3.05, 3.63) is 71.8 Å². The number of hydrogen-bond acceptors (Lipinski definition) is 6. The molecule has 0 saturated heterocycles. The lowest BCUT2D eigenvalue weighted by Crippen LogP contribution is -2.56. The van der Waals surface area contributed by atoms with Gasteiger partial charge in [0.25, 0.3) is 5.91 Å². The van der Waals surface area contributed by atoms with Crippen molar-refractivity contribution in [1.82, 2.24) is 16.0 Å². The average Bonchev–Trinajstić information content (AvgIpc) is 2.88. The Balaban J connectivity index is 2.22. The summed E-state index contributed by atoms with van der Waals surface area (Å²) in [5.41, 5.74) is 6.72. The first-order chi connectivity index (χ1) is 17.3. The Morgan fingerprint density at radius 1 is 0.833 bits per heavy atom. The van der Waals surface area contributed by atoms with Gasteiger partial charge in [-0.1, -0.05) is 48.5 Å². The normalized spacial score (nSPS) is 12.9. The molecule has 190 valence electrons. The van der Waals surface area contributed by atoms with E-state index < -0.39 is 48.2 Å². The summed E-state index contributed by atoms with van der Waals surface area (Å²) in [5.74, 6) is -3.12. The molecule has 0 aromatic heterocycles. The minimum atomic E-state index is -1.41. The number of amides is 3. The van der Waals surface area contributed by atoms with Crippen molar-refractivity contribution in [2.45, 2.75) is 50.2 Å². The van der Waals surface area contributed by atoms with Crippen molar-refractivity contribution >= 4 is 23.7 Å². The Morgan fingerprint density at radius 2 is 1.42 bits per heavy atom. The molecule has 2 aromatic carbocycles. The SMILES string of the molecule is N#CC[C@H](NC(=O)[C@H](CCCCN)NC(=O)[C@H](Cc1ccccc1)NC(=O)c1ccccc1)C(=O)O. The van der Waals surface area contributed by atoms with Crippen LogP contribution in [0.5, 0.6) is 0 Å². The highest BCUT2D eigenvalue weighted by molar-refractivity contribution is 5.98. The molecule has 3 atom stereocenters. The number of unbranched alkanes of at least 4 members (excludes halogenated alkanes) is 1. The van der Waals surface area contributed by atoms with Crippen molar-refractivity contribution < 1.29 is 24.3 Å². The fourth-order valence-corrected chi connectivity index (χ4v) is 3.49. The first-order valence-corrected chi connectivity index (χ1v) is 11.7. The second-order valence-electron chi connectivity index (χ2n) is 8.19. The van der Waals surface area contributed by atoms with Gasteiger partial charge in [0.15, 0.2) is 0 Å². The largest absolute Gasteiger partial charge is 0.480 e. The second kappa shape index (κ2) is 14.9. The summed E-state index contributed by atoms with van der Waals surface area (Å²) >= 11 is 0. The van der Waals surface area contributed by atoms with Crippen LogP contribution in [-0.4, -0.2) is 53.5 Å². The molecular weight excluding hydrogens is 462 g/mol. The van der Waals surface area contributed by atoms with E-state index in [0.717, 1.165) is 5.56 Å². The minimum absolute atomic E-state index is 0.175. The van der Waals surface area contributed by atoms with Crippen LogP contribution in [0.25, 0.3) is 0 Å². The molecule has 0 aliphatic heterocycles. The molecule has 0 unspecified atom stereocenters. The summed E-state index contributed by atoms with van der Waals surface area (Å²) < 4.78 is 0. The van der Waals surface area contributed by atoms with Crippen LogP contribution in [0.4, 0.5) is 0 Å². The van der Waals surface area contributed by atoms with Crippen molar-refractivity contribution in [3.8, 4) is 6.07 Å². The zero-order chi connectivity index (χ0) is 26.3. The Labute approximate surface area is 209 Å². The molecule has 3 amide bonds. The number of nitrogens with one attached hydrogen (secondary N) is 3. The van der Waals surface area contributed by atoms with Crippen LogP contribution in [0.15, 0.2) is 60.7 Å². The van der Waals surface area contributed by atoms with E-state index in [1.165, 1.54) is 0 Å². The number of rotatable bonds is 14. The van der Waals surface area contributed by atoms with E-state index in [2.05, 4.69) is 16.0 Å². The molecule has 0 aliphatic carbocycles. The van der Waals surface area contributed by atoms with Crippen LogP contribution in [0.1, 0.15) is 41.6 Å². The summed E-state index contributed by atoms with van der Waals surface area (Å²) in [4.78, 5) is 50.4. The van der Waals surface area contributed by atoms with E-state index in [0.29, 0.717) is 24.9 Å². The molecule has 0 fully saturated rings. The van der Waals surface area contributed by atoms with Gasteiger partial charge in [0.05, 0.1) is 12.5 Å². The Kier molecular flexibility index (Phi) is 11.6. The molecule has 0 aliphatic rings. The van der Waals surface area contributed by atoms with Crippen LogP contribution in [0, 0.1) is 11.3 Å². The van der Waals surface area contributed by atoms with Crippen LogP contribution in [0.3, 0.4) is 0 Å². The molecule has 10 nitrogen and oxygen atoms in total. The first-order valence-electron chi connectivity index (χ1n) is 11.7. The van der Waals surface area contributed by atoms with Gasteiger partial charge in [-0.25, -0.2) is 4.79 Å². The van der Waals surface area contributed by atoms with E-state index >= 15 is 0 Å². The number of nitrogens with two attached hydrogens (primary N) is 1. The quantitative estimate of drug-likeness (QED) is 0.245. The monoisotopic (exact) mass is 493 g/mol. The molecule has 0 radical (unpaired) electrons. The molecule has 0 spiro atoms. The van der Waals surface area contributed by atoms with Crippen LogP contribution < -0.4 is 21.7 Å². The van der Waals surface area contributed by atoms with E-state index in [1.54, 1.807) is 36.4 Å². The summed E-state index contributed by atoms with van der Waals surface area (Å²) in [7, 11) is 0. The molecule has 0 bridgehead atoms. The number of nitriles is 1. The standard InChI is InChI=1S/C26H31N5O5/c27-15-8-7-13-20(24(33)30-21(14-16-28)26(35)36)29-25(34)22(17-18-9-3-1-4-10-18)31-23(32)19-11-5-2-6-12-19/h1-6,9-12,20-22H,7-8,13-15,17,27H2,(H,29,34)(H,30,33)(H,31,32)(H,35,36)/t20-,21-,22-/m0/s1. The maximum Gasteiger partial charge on any atom is 0.327 e. The van der Waals surface area contributed by atoms with Gasteiger partial charge in [0, 0.05) is 12.0 Å². The number of aliphatic carboxylic acids is 1. The highest BCUT2D eigenvalue weighted by atomic mass is 16.4. The Hall–Kier alpha value is -4.23. The lowest BCUT2D eigenvalue weighted by Gasteiger charge is -2.24. The first kappa shape index (κ1) is 28.0. The van der Waals surface area contributed by atoms with Crippen LogP contribution in [0.2, 0.25) is 0 Å². The van der Waals surface area contributed by atoms with E-state index in [1.807, 2.05) is 30.3 Å². The fraction of sp³-hybridized carbons (Fsp3) is 0.346. The van der Waals surface area contributed by atoms with Gasteiger partial charge >= 0.3 is 5.97 Å². The molecule has 2 aromatic rings. The Bertz CT molecular complexity index is 1060. The van der Waals surface area contributed by atoms with Crippen molar-refractivity contribution in [3.63, 3.8) is 0 Å². The summed E-state index contributed by atoms with van der Waals surface area (Å²) in [5, 5.41) is 25.8. The molecule has 10 heteroatoms. The van der Waals surface area contributed by atoms with Crippen LogP contribution in [-0.2, 0) is 20.8 Å². The highest BCUT2D eigenvalue weighted by Crippen LogP contribution is 2.08. The number of benzene rings is 2. The molecular formula is C26H31N5O5. The van der Waals surface area contributed by atoms with E-state index in [-0.39, 0.29) is 12.8 Å².